The molecule has 0 aliphatic carbocycles. The van der Waals surface area contributed by atoms with Gasteiger partial charge in [-0.1, -0.05) is 12.1 Å². The molecule has 1 amide bonds. The number of amides is 1. The van der Waals surface area contributed by atoms with E-state index in [1.807, 2.05) is 35.4 Å². The average Bonchev–Trinajstić information content (AvgIpc) is 3.16. The number of guanidine groups is 1. The second-order valence-electron chi connectivity index (χ2n) is 7.02. The predicted molar refractivity (Wildman–Crippen MR) is 115 cm³/mol. The molecule has 6 nitrogen and oxygen atoms in total. The molecule has 0 unspecified atom stereocenters. The molecule has 0 spiro atoms. The quantitative estimate of drug-likeness (QED) is 0.579. The summed E-state index contributed by atoms with van der Waals surface area (Å²) in [5.74, 6) is 0.913. The van der Waals surface area contributed by atoms with Crippen molar-refractivity contribution in [1.29, 1.82) is 0 Å². The minimum Gasteiger partial charge on any atom is -0.356 e. The highest BCUT2D eigenvalue weighted by Crippen LogP contribution is 2.14. The highest BCUT2D eigenvalue weighted by molar-refractivity contribution is 7.11. The van der Waals surface area contributed by atoms with E-state index in [0.29, 0.717) is 6.54 Å². The van der Waals surface area contributed by atoms with Crippen LogP contribution >= 0.6 is 11.3 Å². The number of carbonyl (C=O) groups excluding carboxylic acids is 1. The van der Waals surface area contributed by atoms with Gasteiger partial charge in [-0.15, -0.1) is 11.3 Å². The van der Waals surface area contributed by atoms with Gasteiger partial charge in [0, 0.05) is 56.3 Å². The lowest BCUT2D eigenvalue weighted by Gasteiger charge is -2.26. The topological polar surface area (TPSA) is 69.6 Å². The number of thiazole rings is 1. The first-order valence-electron chi connectivity index (χ1n) is 9.90. The number of benzene rings is 1. The van der Waals surface area contributed by atoms with Crippen LogP contribution in [0.15, 0.2) is 35.5 Å². The largest absolute Gasteiger partial charge is 0.356 e. The number of piperidine rings is 1. The van der Waals surface area contributed by atoms with E-state index in [-0.39, 0.29) is 5.91 Å². The van der Waals surface area contributed by atoms with Gasteiger partial charge in [0.25, 0.3) is 5.91 Å². The molecule has 1 saturated heterocycles. The molecule has 1 aliphatic heterocycles. The number of hydrogen-bond donors (Lipinski definition) is 2. The third-order valence-electron chi connectivity index (χ3n) is 4.83. The molecule has 2 heterocycles. The van der Waals surface area contributed by atoms with Crippen LogP contribution in [0.25, 0.3) is 0 Å². The lowest BCUT2D eigenvalue weighted by Crippen LogP contribution is -2.37. The van der Waals surface area contributed by atoms with E-state index in [0.717, 1.165) is 61.0 Å². The van der Waals surface area contributed by atoms with Crippen molar-refractivity contribution in [2.45, 2.75) is 39.2 Å². The molecule has 0 saturated carbocycles. The summed E-state index contributed by atoms with van der Waals surface area (Å²) < 4.78 is 0. The van der Waals surface area contributed by atoms with Crippen molar-refractivity contribution >= 4 is 23.2 Å². The summed E-state index contributed by atoms with van der Waals surface area (Å²) >= 11 is 1.73. The SMILES string of the molecule is CN=C(NCCc1ncc(C)s1)NCc1ccc(C(=O)N2CCCCC2)cc1. The van der Waals surface area contributed by atoms with Crippen molar-refractivity contribution in [3.63, 3.8) is 0 Å². The van der Waals surface area contributed by atoms with E-state index in [4.69, 9.17) is 0 Å². The van der Waals surface area contributed by atoms with E-state index in [9.17, 15) is 4.79 Å². The Kier molecular flexibility index (Phi) is 7.42. The van der Waals surface area contributed by atoms with Crippen LogP contribution in [0.4, 0.5) is 0 Å². The molecule has 3 rings (SSSR count). The molecule has 1 aromatic heterocycles. The molecule has 2 aromatic rings. The van der Waals surface area contributed by atoms with Gasteiger partial charge in [-0.3, -0.25) is 9.79 Å². The molecule has 1 aromatic carbocycles. The number of nitrogens with one attached hydrogen (secondary N) is 2. The fraction of sp³-hybridized carbons (Fsp3) is 0.476. The van der Waals surface area contributed by atoms with Gasteiger partial charge in [-0.05, 0) is 43.9 Å². The zero-order valence-corrected chi connectivity index (χ0v) is 17.5. The second kappa shape index (κ2) is 10.2. The molecule has 150 valence electrons. The lowest BCUT2D eigenvalue weighted by molar-refractivity contribution is 0.0724. The van der Waals surface area contributed by atoms with Crippen LogP contribution in [0.1, 0.15) is 45.1 Å². The highest BCUT2D eigenvalue weighted by atomic mass is 32.1. The van der Waals surface area contributed by atoms with E-state index in [2.05, 4.69) is 27.5 Å². The van der Waals surface area contributed by atoms with Crippen molar-refractivity contribution in [3.05, 3.63) is 51.5 Å². The summed E-state index contributed by atoms with van der Waals surface area (Å²) in [5.41, 5.74) is 1.89. The molecule has 0 bridgehead atoms. The smallest absolute Gasteiger partial charge is 0.253 e. The molecule has 28 heavy (non-hydrogen) atoms. The Morgan fingerprint density at radius 1 is 1.18 bits per heavy atom. The van der Waals surface area contributed by atoms with Crippen LogP contribution in [0.5, 0.6) is 0 Å². The normalized spacial score (nSPS) is 14.8. The van der Waals surface area contributed by atoms with Crippen molar-refractivity contribution in [3.8, 4) is 0 Å². The predicted octanol–water partition coefficient (Wildman–Crippen LogP) is 2.99. The van der Waals surface area contributed by atoms with E-state index >= 15 is 0 Å². The van der Waals surface area contributed by atoms with Crippen LogP contribution in [0.3, 0.4) is 0 Å². The molecular weight excluding hydrogens is 370 g/mol. The molecule has 7 heteroatoms. The Hall–Kier alpha value is -2.41. The Labute approximate surface area is 171 Å². The maximum atomic E-state index is 12.5. The first-order chi connectivity index (χ1) is 13.7. The van der Waals surface area contributed by atoms with Crippen molar-refractivity contribution < 1.29 is 4.79 Å². The summed E-state index contributed by atoms with van der Waals surface area (Å²) in [5, 5.41) is 7.76. The standard InChI is InChI=1S/C21H29N5OS/c1-16-14-24-19(28-16)10-11-23-21(22-2)25-15-17-6-8-18(9-7-17)20(27)26-12-4-3-5-13-26/h6-9,14H,3-5,10-13,15H2,1-2H3,(H2,22,23,25). The zero-order chi connectivity index (χ0) is 19.8. The zero-order valence-electron chi connectivity index (χ0n) is 16.7. The maximum Gasteiger partial charge on any atom is 0.253 e. The number of aryl methyl sites for hydroxylation is 1. The fourth-order valence-electron chi connectivity index (χ4n) is 3.26. The van der Waals surface area contributed by atoms with Crippen LogP contribution in [-0.2, 0) is 13.0 Å². The second-order valence-corrected chi connectivity index (χ2v) is 8.34. The number of carbonyl (C=O) groups is 1. The van der Waals surface area contributed by atoms with Gasteiger partial charge in [-0.25, -0.2) is 4.98 Å². The van der Waals surface area contributed by atoms with Crippen molar-refractivity contribution in [2.75, 3.05) is 26.7 Å². The van der Waals surface area contributed by atoms with Gasteiger partial charge >= 0.3 is 0 Å². The maximum absolute atomic E-state index is 12.5. The monoisotopic (exact) mass is 399 g/mol. The van der Waals surface area contributed by atoms with Crippen LogP contribution < -0.4 is 10.6 Å². The molecule has 0 radical (unpaired) electrons. The number of hydrogen-bond acceptors (Lipinski definition) is 4. The Morgan fingerprint density at radius 3 is 2.57 bits per heavy atom. The number of rotatable bonds is 6. The summed E-state index contributed by atoms with van der Waals surface area (Å²) in [6, 6.07) is 7.87. The molecular formula is C21H29N5OS. The Bertz CT molecular complexity index is 793. The first-order valence-corrected chi connectivity index (χ1v) is 10.7. The van der Waals surface area contributed by atoms with E-state index in [1.54, 1.807) is 18.4 Å². The third-order valence-corrected chi connectivity index (χ3v) is 5.80. The van der Waals surface area contributed by atoms with E-state index < -0.39 is 0 Å². The molecule has 1 fully saturated rings. The minimum atomic E-state index is 0.147. The Balaban J connectivity index is 1.44. The summed E-state index contributed by atoms with van der Waals surface area (Å²) in [6.07, 6.45) is 6.25. The summed E-state index contributed by atoms with van der Waals surface area (Å²) in [6.45, 7) is 5.28. The van der Waals surface area contributed by atoms with Gasteiger partial charge in [0.15, 0.2) is 5.96 Å². The Morgan fingerprint density at radius 2 is 1.93 bits per heavy atom. The molecule has 2 N–H and O–H groups in total. The van der Waals surface area contributed by atoms with Gasteiger partial charge < -0.3 is 15.5 Å². The number of aromatic nitrogens is 1. The molecule has 0 atom stereocenters. The summed E-state index contributed by atoms with van der Waals surface area (Å²) in [7, 11) is 1.77. The van der Waals surface area contributed by atoms with Crippen LogP contribution in [0, 0.1) is 6.92 Å². The van der Waals surface area contributed by atoms with E-state index in [1.165, 1.54) is 11.3 Å². The highest BCUT2D eigenvalue weighted by Gasteiger charge is 2.17. The number of aliphatic imine (C=N–C) groups is 1. The first kappa shape index (κ1) is 20.3. The number of likely N-dealkylation sites (tertiary alicyclic amines) is 1. The van der Waals surface area contributed by atoms with Gasteiger partial charge in [0.1, 0.15) is 0 Å². The third kappa shape index (κ3) is 5.79. The minimum absolute atomic E-state index is 0.147. The van der Waals surface area contributed by atoms with Crippen LogP contribution in [0.2, 0.25) is 0 Å². The fourth-order valence-corrected chi connectivity index (χ4v) is 4.04. The van der Waals surface area contributed by atoms with Crippen molar-refractivity contribution in [2.24, 2.45) is 4.99 Å². The molecule has 1 aliphatic rings. The van der Waals surface area contributed by atoms with Gasteiger partial charge in [0.2, 0.25) is 0 Å². The number of nitrogens with zero attached hydrogens (tertiary/aromatic N) is 3. The van der Waals surface area contributed by atoms with Gasteiger partial charge in [-0.2, -0.15) is 0 Å². The van der Waals surface area contributed by atoms with Crippen molar-refractivity contribution in [1.82, 2.24) is 20.5 Å². The van der Waals surface area contributed by atoms with Gasteiger partial charge in [0.05, 0.1) is 5.01 Å². The average molecular weight is 400 g/mol. The summed E-state index contributed by atoms with van der Waals surface area (Å²) in [4.78, 5) is 24.4. The van der Waals surface area contributed by atoms with Crippen LogP contribution in [-0.4, -0.2) is 48.4 Å². The lowest BCUT2D eigenvalue weighted by atomic mass is 10.1.